The first-order valence-electron chi connectivity index (χ1n) is 10.3. The van der Waals surface area contributed by atoms with E-state index in [-0.39, 0.29) is 11.2 Å². The standard InChI is InChI=1S/C25H24N2OS2/c1-2-17-13-14-20-21(16-26)25(30-22(20)15-17)27-24(28)23(18-9-5-3-6-10-18)29-19-11-7-4-8-12-19/h3-12,17,23H,2,13-15H2,1H3,(H,27,28)/t17-,23+/m0/s1. The molecule has 5 heteroatoms. The third-order valence-electron chi connectivity index (χ3n) is 5.63. The van der Waals surface area contributed by atoms with E-state index in [4.69, 9.17) is 0 Å². The zero-order valence-electron chi connectivity index (χ0n) is 16.9. The molecule has 0 aliphatic heterocycles. The average Bonchev–Trinajstić information content (AvgIpc) is 3.14. The lowest BCUT2D eigenvalue weighted by Gasteiger charge is -2.20. The van der Waals surface area contributed by atoms with Gasteiger partial charge in [0.25, 0.3) is 0 Å². The van der Waals surface area contributed by atoms with Crippen LogP contribution in [0.2, 0.25) is 0 Å². The number of fused-ring (bicyclic) bond motifs is 1. The van der Waals surface area contributed by atoms with Crippen LogP contribution in [-0.2, 0) is 17.6 Å². The number of benzene rings is 2. The number of nitriles is 1. The van der Waals surface area contributed by atoms with Crippen molar-refractivity contribution in [3.05, 3.63) is 82.2 Å². The molecule has 2 atom stereocenters. The minimum Gasteiger partial charge on any atom is -0.315 e. The lowest BCUT2D eigenvalue weighted by Crippen LogP contribution is -2.19. The molecule has 0 unspecified atom stereocenters. The zero-order valence-corrected chi connectivity index (χ0v) is 18.6. The predicted molar refractivity (Wildman–Crippen MR) is 125 cm³/mol. The first-order chi connectivity index (χ1) is 14.7. The maximum atomic E-state index is 13.4. The minimum absolute atomic E-state index is 0.0859. The van der Waals surface area contributed by atoms with Crippen LogP contribution in [0.25, 0.3) is 0 Å². The molecular weight excluding hydrogens is 408 g/mol. The first-order valence-corrected chi connectivity index (χ1v) is 12.0. The Morgan fingerprint density at radius 3 is 2.57 bits per heavy atom. The molecule has 1 aliphatic rings. The van der Waals surface area contributed by atoms with Gasteiger partial charge in [-0.15, -0.1) is 23.1 Å². The van der Waals surface area contributed by atoms with Crippen molar-refractivity contribution < 1.29 is 4.79 Å². The fourth-order valence-corrected chi connectivity index (χ4v) is 6.28. The number of anilines is 1. The van der Waals surface area contributed by atoms with Crippen molar-refractivity contribution in [1.82, 2.24) is 0 Å². The van der Waals surface area contributed by atoms with Gasteiger partial charge in [-0.3, -0.25) is 4.79 Å². The summed E-state index contributed by atoms with van der Waals surface area (Å²) in [5.74, 6) is 0.592. The number of nitrogens with one attached hydrogen (secondary N) is 1. The first kappa shape index (κ1) is 20.7. The molecule has 4 rings (SSSR count). The number of carbonyl (C=O) groups excluding carboxylic acids is 1. The number of hydrogen-bond donors (Lipinski definition) is 1. The Hall–Kier alpha value is -2.55. The topological polar surface area (TPSA) is 52.9 Å². The third-order valence-corrected chi connectivity index (χ3v) is 8.07. The van der Waals surface area contributed by atoms with E-state index in [1.165, 1.54) is 16.6 Å². The molecule has 1 N–H and O–H groups in total. The molecule has 1 aromatic heterocycles. The smallest absolute Gasteiger partial charge is 0.243 e. The molecule has 0 radical (unpaired) electrons. The van der Waals surface area contributed by atoms with Crippen LogP contribution >= 0.6 is 23.1 Å². The second-order valence-electron chi connectivity index (χ2n) is 7.55. The van der Waals surface area contributed by atoms with E-state index in [1.54, 1.807) is 11.3 Å². The van der Waals surface area contributed by atoms with Gasteiger partial charge < -0.3 is 5.32 Å². The Morgan fingerprint density at radius 2 is 1.90 bits per heavy atom. The number of rotatable bonds is 6. The largest absolute Gasteiger partial charge is 0.315 e. The Morgan fingerprint density at radius 1 is 1.20 bits per heavy atom. The fraction of sp³-hybridized carbons (Fsp3) is 0.280. The van der Waals surface area contributed by atoms with Crippen LogP contribution < -0.4 is 5.32 Å². The monoisotopic (exact) mass is 432 g/mol. The van der Waals surface area contributed by atoms with Gasteiger partial charge in [0.05, 0.1) is 5.56 Å². The highest BCUT2D eigenvalue weighted by Crippen LogP contribution is 2.42. The molecule has 1 amide bonds. The summed E-state index contributed by atoms with van der Waals surface area (Å²) in [4.78, 5) is 15.7. The van der Waals surface area contributed by atoms with Crippen LogP contribution in [0.1, 0.15) is 46.6 Å². The third kappa shape index (κ3) is 4.45. The molecule has 0 saturated heterocycles. The maximum absolute atomic E-state index is 13.4. The van der Waals surface area contributed by atoms with E-state index in [1.807, 2.05) is 60.7 Å². The molecule has 30 heavy (non-hydrogen) atoms. The quantitative estimate of drug-likeness (QED) is 0.446. The summed E-state index contributed by atoms with van der Waals surface area (Å²) in [5, 5.41) is 13.2. The normalized spacial score (nSPS) is 16.3. The Bertz CT molecular complexity index is 1050. The van der Waals surface area contributed by atoms with Crippen molar-refractivity contribution in [2.45, 2.75) is 42.8 Å². The highest BCUT2D eigenvalue weighted by Gasteiger charge is 2.28. The summed E-state index contributed by atoms with van der Waals surface area (Å²) >= 11 is 3.12. The Balaban J connectivity index is 1.62. The molecule has 1 aliphatic carbocycles. The maximum Gasteiger partial charge on any atom is 0.243 e. The summed E-state index contributed by atoms with van der Waals surface area (Å²) < 4.78 is 0. The molecule has 0 saturated carbocycles. The Kier molecular flexibility index (Phi) is 6.56. The van der Waals surface area contributed by atoms with Gasteiger partial charge in [-0.1, -0.05) is 61.9 Å². The summed E-state index contributed by atoms with van der Waals surface area (Å²) in [5.41, 5.74) is 2.76. The van der Waals surface area contributed by atoms with Crippen LogP contribution in [0, 0.1) is 17.2 Å². The van der Waals surface area contributed by atoms with Crippen molar-refractivity contribution in [2.75, 3.05) is 5.32 Å². The minimum atomic E-state index is -0.386. The van der Waals surface area contributed by atoms with Crippen LogP contribution in [0.4, 0.5) is 5.00 Å². The highest BCUT2D eigenvalue weighted by molar-refractivity contribution is 8.00. The van der Waals surface area contributed by atoms with E-state index >= 15 is 0 Å². The average molecular weight is 433 g/mol. The Labute approximate surface area is 186 Å². The van der Waals surface area contributed by atoms with Gasteiger partial charge in [0.1, 0.15) is 16.3 Å². The number of hydrogen-bond acceptors (Lipinski definition) is 4. The lowest BCUT2D eigenvalue weighted by atomic mass is 9.86. The summed E-state index contributed by atoms with van der Waals surface area (Å²) in [6.07, 6.45) is 4.23. The summed E-state index contributed by atoms with van der Waals surface area (Å²) in [6.45, 7) is 2.22. The van der Waals surface area contributed by atoms with Gasteiger partial charge in [0.2, 0.25) is 5.91 Å². The number of thioether (sulfide) groups is 1. The van der Waals surface area contributed by atoms with Crippen molar-refractivity contribution >= 4 is 34.0 Å². The number of nitrogens with zero attached hydrogens (tertiary/aromatic N) is 1. The van der Waals surface area contributed by atoms with Crippen molar-refractivity contribution in [1.29, 1.82) is 5.26 Å². The van der Waals surface area contributed by atoms with Crippen LogP contribution in [0.5, 0.6) is 0 Å². The molecule has 0 fully saturated rings. The van der Waals surface area contributed by atoms with Gasteiger partial charge >= 0.3 is 0 Å². The number of thiophene rings is 1. The van der Waals surface area contributed by atoms with Gasteiger partial charge in [-0.05, 0) is 48.4 Å². The highest BCUT2D eigenvalue weighted by atomic mass is 32.2. The van der Waals surface area contributed by atoms with Crippen molar-refractivity contribution in [3.8, 4) is 6.07 Å². The van der Waals surface area contributed by atoms with E-state index in [0.717, 1.165) is 41.7 Å². The molecular formula is C25H24N2OS2. The van der Waals surface area contributed by atoms with Crippen LogP contribution in [0.15, 0.2) is 65.6 Å². The van der Waals surface area contributed by atoms with Crippen molar-refractivity contribution in [3.63, 3.8) is 0 Å². The van der Waals surface area contributed by atoms with Crippen LogP contribution in [0.3, 0.4) is 0 Å². The SMILES string of the molecule is CC[C@H]1CCc2c(sc(NC(=O)[C@H](Sc3ccccc3)c3ccccc3)c2C#N)C1. The molecule has 0 spiro atoms. The van der Waals surface area contributed by atoms with Crippen LogP contribution in [-0.4, -0.2) is 5.91 Å². The lowest BCUT2D eigenvalue weighted by molar-refractivity contribution is -0.115. The molecule has 3 nitrogen and oxygen atoms in total. The molecule has 2 aromatic carbocycles. The van der Waals surface area contributed by atoms with E-state index in [9.17, 15) is 10.1 Å². The zero-order chi connectivity index (χ0) is 20.9. The number of amides is 1. The predicted octanol–water partition coefficient (Wildman–Crippen LogP) is 6.61. The molecule has 0 bridgehead atoms. The summed E-state index contributed by atoms with van der Waals surface area (Å²) in [6, 6.07) is 22.2. The molecule has 1 heterocycles. The van der Waals surface area contributed by atoms with E-state index in [2.05, 4.69) is 18.3 Å². The van der Waals surface area contributed by atoms with Gasteiger partial charge in [-0.25, -0.2) is 0 Å². The van der Waals surface area contributed by atoms with Gasteiger partial charge in [-0.2, -0.15) is 5.26 Å². The second-order valence-corrected chi connectivity index (χ2v) is 9.83. The second kappa shape index (κ2) is 9.51. The fourth-order valence-electron chi connectivity index (χ4n) is 3.92. The van der Waals surface area contributed by atoms with Gasteiger partial charge in [0, 0.05) is 9.77 Å². The number of carbonyl (C=O) groups is 1. The molecule has 3 aromatic rings. The summed E-state index contributed by atoms with van der Waals surface area (Å²) in [7, 11) is 0. The van der Waals surface area contributed by atoms with E-state index < -0.39 is 0 Å². The van der Waals surface area contributed by atoms with Crippen molar-refractivity contribution in [2.24, 2.45) is 5.92 Å². The van der Waals surface area contributed by atoms with Gasteiger partial charge in [0.15, 0.2) is 0 Å². The molecule has 152 valence electrons. The van der Waals surface area contributed by atoms with E-state index in [0.29, 0.717) is 16.5 Å².